The van der Waals surface area contributed by atoms with E-state index in [-0.39, 0.29) is 18.2 Å². The summed E-state index contributed by atoms with van der Waals surface area (Å²) in [5.41, 5.74) is 3.40. The lowest BCUT2D eigenvalue weighted by molar-refractivity contribution is 0.181. The van der Waals surface area contributed by atoms with Gasteiger partial charge < -0.3 is 15.4 Å². The number of aromatic nitrogens is 2. The van der Waals surface area contributed by atoms with E-state index in [0.29, 0.717) is 24.7 Å². The van der Waals surface area contributed by atoms with Crippen molar-refractivity contribution in [3.8, 4) is 5.69 Å². The minimum Gasteiger partial charge on any atom is -0.447 e. The normalized spacial score (nSPS) is 14.3. The van der Waals surface area contributed by atoms with E-state index < -0.39 is 0 Å². The number of rotatable bonds is 6. The van der Waals surface area contributed by atoms with Crippen LogP contribution in [0.4, 0.5) is 15.3 Å². The summed E-state index contributed by atoms with van der Waals surface area (Å²) in [5.74, 6) is 0. The van der Waals surface area contributed by atoms with E-state index in [9.17, 15) is 9.59 Å². The van der Waals surface area contributed by atoms with Crippen LogP contribution in [0, 0.1) is 0 Å². The lowest BCUT2D eigenvalue weighted by Gasteiger charge is -2.18. The van der Waals surface area contributed by atoms with Gasteiger partial charge in [0.25, 0.3) is 0 Å². The first-order valence-electron chi connectivity index (χ1n) is 9.88. The largest absolute Gasteiger partial charge is 0.447 e. The van der Waals surface area contributed by atoms with E-state index in [4.69, 9.17) is 16.3 Å². The number of amides is 3. The Hall–Kier alpha value is -3.52. The van der Waals surface area contributed by atoms with Gasteiger partial charge in [-0.25, -0.2) is 14.3 Å². The fourth-order valence-electron chi connectivity index (χ4n) is 3.29. The van der Waals surface area contributed by atoms with E-state index >= 15 is 0 Å². The van der Waals surface area contributed by atoms with Crippen molar-refractivity contribution < 1.29 is 14.3 Å². The van der Waals surface area contributed by atoms with Crippen molar-refractivity contribution in [2.75, 3.05) is 18.1 Å². The van der Waals surface area contributed by atoms with Gasteiger partial charge in [0.05, 0.1) is 24.5 Å². The van der Waals surface area contributed by atoms with Gasteiger partial charge in [-0.1, -0.05) is 23.7 Å². The SMILES string of the molecule is CC(NC(=O)NCc1cnn(-c2ccc(Cl)cc2)c1)c1cccc(N2CCOC2=O)c1. The van der Waals surface area contributed by atoms with Gasteiger partial charge >= 0.3 is 12.1 Å². The van der Waals surface area contributed by atoms with Gasteiger partial charge in [0.2, 0.25) is 0 Å². The highest BCUT2D eigenvalue weighted by molar-refractivity contribution is 6.30. The quantitative estimate of drug-likeness (QED) is 0.606. The summed E-state index contributed by atoms with van der Waals surface area (Å²) in [7, 11) is 0. The number of nitrogens with one attached hydrogen (secondary N) is 2. The summed E-state index contributed by atoms with van der Waals surface area (Å²) in [6, 6.07) is 14.3. The zero-order chi connectivity index (χ0) is 21.8. The molecule has 2 N–H and O–H groups in total. The van der Waals surface area contributed by atoms with Gasteiger partial charge in [0, 0.05) is 29.0 Å². The topological polar surface area (TPSA) is 88.5 Å². The van der Waals surface area contributed by atoms with E-state index in [2.05, 4.69) is 15.7 Å². The maximum absolute atomic E-state index is 12.4. The fourth-order valence-corrected chi connectivity index (χ4v) is 3.42. The van der Waals surface area contributed by atoms with Gasteiger partial charge in [0.15, 0.2) is 0 Å². The number of halogens is 1. The van der Waals surface area contributed by atoms with Crippen LogP contribution >= 0.6 is 11.6 Å². The Bertz CT molecular complexity index is 1080. The van der Waals surface area contributed by atoms with Gasteiger partial charge in [0.1, 0.15) is 6.61 Å². The first-order chi connectivity index (χ1) is 15.0. The van der Waals surface area contributed by atoms with E-state index in [1.54, 1.807) is 27.9 Å². The molecule has 3 aromatic rings. The second-order valence-electron chi connectivity index (χ2n) is 7.18. The maximum atomic E-state index is 12.4. The van der Waals surface area contributed by atoms with Crippen molar-refractivity contribution in [2.24, 2.45) is 0 Å². The lowest BCUT2D eigenvalue weighted by atomic mass is 10.1. The molecule has 1 saturated heterocycles. The third-order valence-electron chi connectivity index (χ3n) is 4.97. The third kappa shape index (κ3) is 4.97. The highest BCUT2D eigenvalue weighted by Crippen LogP contribution is 2.23. The van der Waals surface area contributed by atoms with Crippen LogP contribution in [0.1, 0.15) is 24.1 Å². The smallest absolute Gasteiger partial charge is 0.414 e. The summed E-state index contributed by atoms with van der Waals surface area (Å²) in [6.45, 7) is 3.13. The van der Waals surface area contributed by atoms with E-state index in [0.717, 1.165) is 22.5 Å². The van der Waals surface area contributed by atoms with Gasteiger partial charge in [-0.2, -0.15) is 5.10 Å². The second-order valence-corrected chi connectivity index (χ2v) is 7.62. The van der Waals surface area contributed by atoms with Crippen molar-refractivity contribution in [3.63, 3.8) is 0 Å². The predicted molar refractivity (Wildman–Crippen MR) is 117 cm³/mol. The molecule has 3 amide bonds. The van der Waals surface area contributed by atoms with Gasteiger partial charge in [-0.05, 0) is 48.9 Å². The van der Waals surface area contributed by atoms with Crippen LogP contribution in [0.25, 0.3) is 5.69 Å². The molecule has 1 aliphatic heterocycles. The minimum absolute atomic E-state index is 0.240. The molecule has 9 heteroatoms. The zero-order valence-electron chi connectivity index (χ0n) is 16.9. The van der Waals surface area contributed by atoms with Crippen LogP contribution in [-0.2, 0) is 11.3 Å². The predicted octanol–water partition coefficient (Wildman–Crippen LogP) is 4.04. The molecule has 0 aliphatic carbocycles. The molecule has 160 valence electrons. The fraction of sp³-hybridized carbons (Fsp3) is 0.227. The first kappa shape index (κ1) is 20.7. The summed E-state index contributed by atoms with van der Waals surface area (Å²) < 4.78 is 6.71. The maximum Gasteiger partial charge on any atom is 0.414 e. The molecule has 0 bridgehead atoms. The molecule has 4 rings (SSSR count). The highest BCUT2D eigenvalue weighted by atomic mass is 35.5. The Morgan fingerprint density at radius 1 is 1.23 bits per heavy atom. The molecule has 1 aromatic heterocycles. The number of hydrogen-bond acceptors (Lipinski definition) is 4. The van der Waals surface area contributed by atoms with Crippen LogP contribution in [0.2, 0.25) is 5.02 Å². The molecule has 0 saturated carbocycles. The molecule has 1 atom stereocenters. The molecule has 0 spiro atoms. The number of cyclic esters (lactones) is 1. The Kier molecular flexibility index (Phi) is 6.08. The number of carbonyl (C=O) groups is 2. The molecule has 1 unspecified atom stereocenters. The molecule has 31 heavy (non-hydrogen) atoms. The lowest BCUT2D eigenvalue weighted by Crippen LogP contribution is -2.36. The van der Waals surface area contributed by atoms with Crippen molar-refractivity contribution in [3.05, 3.63) is 77.1 Å². The number of nitrogens with zero attached hydrogens (tertiary/aromatic N) is 3. The molecule has 1 aliphatic rings. The average Bonchev–Trinajstić information content (AvgIpc) is 3.42. The van der Waals surface area contributed by atoms with Crippen molar-refractivity contribution in [2.45, 2.75) is 19.5 Å². The molecule has 1 fully saturated rings. The van der Waals surface area contributed by atoms with Crippen LogP contribution in [0.3, 0.4) is 0 Å². The number of benzene rings is 2. The monoisotopic (exact) mass is 439 g/mol. The molecule has 2 heterocycles. The highest BCUT2D eigenvalue weighted by Gasteiger charge is 2.24. The molecular formula is C22H22ClN5O3. The van der Waals surface area contributed by atoms with Crippen LogP contribution in [0.15, 0.2) is 60.9 Å². The molecule has 0 radical (unpaired) electrons. The van der Waals surface area contributed by atoms with Gasteiger partial charge in [-0.3, -0.25) is 4.90 Å². The standard InChI is InChI=1S/C22H22ClN5O3/c1-15(17-3-2-4-20(11-17)27-9-10-31-22(27)30)26-21(29)24-12-16-13-25-28(14-16)19-7-5-18(23)6-8-19/h2-8,11,13-15H,9-10,12H2,1H3,(H2,24,26,29). The number of carbonyl (C=O) groups excluding carboxylic acids is 2. The summed E-state index contributed by atoms with van der Waals surface area (Å²) in [6.07, 6.45) is 3.21. The Morgan fingerprint density at radius 2 is 2.03 bits per heavy atom. The molecule has 8 nitrogen and oxygen atoms in total. The number of ether oxygens (including phenoxy) is 1. The van der Waals surface area contributed by atoms with Crippen LogP contribution in [0.5, 0.6) is 0 Å². The van der Waals surface area contributed by atoms with Crippen molar-refractivity contribution >= 4 is 29.4 Å². The van der Waals surface area contributed by atoms with Crippen LogP contribution < -0.4 is 15.5 Å². The van der Waals surface area contributed by atoms with Crippen molar-refractivity contribution in [1.82, 2.24) is 20.4 Å². The number of anilines is 1. The minimum atomic E-state index is -0.352. The molecule has 2 aromatic carbocycles. The molecular weight excluding hydrogens is 418 g/mol. The van der Waals surface area contributed by atoms with E-state index in [1.165, 1.54) is 0 Å². The Morgan fingerprint density at radius 3 is 2.77 bits per heavy atom. The number of hydrogen-bond donors (Lipinski definition) is 2. The Balaban J connectivity index is 1.32. The summed E-state index contributed by atoms with van der Waals surface area (Å²) >= 11 is 5.92. The average molecular weight is 440 g/mol. The van der Waals surface area contributed by atoms with Gasteiger partial charge in [-0.15, -0.1) is 0 Å². The van der Waals surface area contributed by atoms with E-state index in [1.807, 2.05) is 49.5 Å². The third-order valence-corrected chi connectivity index (χ3v) is 5.22. The summed E-state index contributed by atoms with van der Waals surface area (Å²) in [5, 5.41) is 10.7. The number of urea groups is 1. The first-order valence-corrected chi connectivity index (χ1v) is 10.3. The van der Waals surface area contributed by atoms with Crippen LogP contribution in [-0.4, -0.2) is 35.1 Å². The Labute approximate surface area is 184 Å². The summed E-state index contributed by atoms with van der Waals surface area (Å²) in [4.78, 5) is 25.7. The zero-order valence-corrected chi connectivity index (χ0v) is 17.7. The van der Waals surface area contributed by atoms with Crippen molar-refractivity contribution in [1.29, 1.82) is 0 Å². The second kappa shape index (κ2) is 9.09.